The molecule has 0 radical (unpaired) electrons. The summed E-state index contributed by atoms with van der Waals surface area (Å²) in [6.07, 6.45) is 2.87. The molecule has 0 saturated heterocycles. The molecule has 0 bridgehead atoms. The summed E-state index contributed by atoms with van der Waals surface area (Å²) in [4.78, 5) is 11.1. The molecule has 1 aromatic heterocycles. The monoisotopic (exact) mass is 276 g/mol. The van der Waals surface area contributed by atoms with Gasteiger partial charge in [-0.2, -0.15) is 5.10 Å². The van der Waals surface area contributed by atoms with Crippen molar-refractivity contribution in [1.29, 1.82) is 0 Å². The lowest BCUT2D eigenvalue weighted by Gasteiger charge is -2.17. The van der Waals surface area contributed by atoms with E-state index in [4.69, 9.17) is 5.73 Å². The molecular formula is C14H17FN4O. The normalized spacial score (nSPS) is 12.3. The number of hydrogen-bond donors (Lipinski definition) is 2. The van der Waals surface area contributed by atoms with E-state index >= 15 is 0 Å². The average molecular weight is 276 g/mol. The van der Waals surface area contributed by atoms with Crippen LogP contribution in [0, 0.1) is 5.82 Å². The Kier molecular flexibility index (Phi) is 4.14. The molecule has 0 saturated carbocycles. The minimum Gasteiger partial charge on any atom is -0.366 e. The van der Waals surface area contributed by atoms with Crippen LogP contribution in [0.4, 0.5) is 4.39 Å². The predicted octanol–water partition coefficient (Wildman–Crippen LogP) is 1.78. The molecule has 3 N–H and O–H groups in total. The number of carbonyl (C=O) groups is 1. The number of primary amides is 1. The van der Waals surface area contributed by atoms with Gasteiger partial charge in [0, 0.05) is 17.8 Å². The Balaban J connectivity index is 2.49. The molecule has 1 atom stereocenters. The summed E-state index contributed by atoms with van der Waals surface area (Å²) >= 11 is 0. The van der Waals surface area contributed by atoms with Crippen LogP contribution in [0.1, 0.15) is 35.8 Å². The van der Waals surface area contributed by atoms with E-state index in [1.807, 2.05) is 13.8 Å². The molecule has 0 aliphatic rings. The van der Waals surface area contributed by atoms with E-state index in [1.165, 1.54) is 23.1 Å². The van der Waals surface area contributed by atoms with Crippen LogP contribution in [0.5, 0.6) is 0 Å². The number of benzene rings is 1. The highest BCUT2D eigenvalue weighted by Crippen LogP contribution is 2.24. The van der Waals surface area contributed by atoms with Gasteiger partial charge in [-0.3, -0.25) is 4.79 Å². The Bertz CT molecular complexity index is 623. The molecule has 0 aliphatic carbocycles. The SMILES string of the molecule is CCNC(C)c1c(F)cccc1-n1cc(C(N)=O)cn1. The number of rotatable bonds is 5. The maximum Gasteiger partial charge on any atom is 0.251 e. The fourth-order valence-corrected chi connectivity index (χ4v) is 2.14. The smallest absolute Gasteiger partial charge is 0.251 e. The zero-order valence-electron chi connectivity index (χ0n) is 11.4. The fourth-order valence-electron chi connectivity index (χ4n) is 2.14. The fraction of sp³-hybridized carbons (Fsp3) is 0.286. The van der Waals surface area contributed by atoms with Crippen LogP contribution in [0.25, 0.3) is 5.69 Å². The topological polar surface area (TPSA) is 72.9 Å². The molecule has 0 aliphatic heterocycles. The second-order valence-electron chi connectivity index (χ2n) is 4.49. The van der Waals surface area contributed by atoms with E-state index in [0.717, 1.165) is 6.54 Å². The average Bonchev–Trinajstić information content (AvgIpc) is 2.88. The Hall–Kier alpha value is -2.21. The van der Waals surface area contributed by atoms with Crippen molar-refractivity contribution in [3.8, 4) is 5.69 Å². The molecule has 2 rings (SSSR count). The summed E-state index contributed by atoms with van der Waals surface area (Å²) < 4.78 is 15.6. The van der Waals surface area contributed by atoms with Crippen LogP contribution in [0.3, 0.4) is 0 Å². The third-order valence-electron chi connectivity index (χ3n) is 3.09. The van der Waals surface area contributed by atoms with E-state index in [2.05, 4.69) is 10.4 Å². The number of nitrogens with one attached hydrogen (secondary N) is 1. The van der Waals surface area contributed by atoms with Crippen molar-refractivity contribution in [2.24, 2.45) is 5.73 Å². The van der Waals surface area contributed by atoms with Gasteiger partial charge in [-0.15, -0.1) is 0 Å². The van der Waals surface area contributed by atoms with Crippen molar-refractivity contribution >= 4 is 5.91 Å². The lowest BCUT2D eigenvalue weighted by Crippen LogP contribution is -2.21. The predicted molar refractivity (Wildman–Crippen MR) is 74.1 cm³/mol. The Morgan fingerprint density at radius 2 is 2.30 bits per heavy atom. The van der Waals surface area contributed by atoms with Crippen LogP contribution in [-0.2, 0) is 0 Å². The van der Waals surface area contributed by atoms with Crippen LogP contribution in [0.15, 0.2) is 30.6 Å². The summed E-state index contributed by atoms with van der Waals surface area (Å²) in [7, 11) is 0. The van der Waals surface area contributed by atoms with E-state index in [1.54, 1.807) is 12.1 Å². The van der Waals surface area contributed by atoms with Crippen molar-refractivity contribution in [1.82, 2.24) is 15.1 Å². The third kappa shape index (κ3) is 2.70. The van der Waals surface area contributed by atoms with Gasteiger partial charge in [-0.1, -0.05) is 13.0 Å². The van der Waals surface area contributed by atoms with E-state index in [9.17, 15) is 9.18 Å². The van der Waals surface area contributed by atoms with E-state index in [0.29, 0.717) is 11.3 Å². The maximum absolute atomic E-state index is 14.1. The van der Waals surface area contributed by atoms with Crippen molar-refractivity contribution in [2.75, 3.05) is 6.54 Å². The standard InChI is InChI=1S/C14H17FN4O/c1-3-17-9(2)13-11(15)5-4-6-12(13)19-8-10(7-18-19)14(16)20/h4-9,17H,3H2,1-2H3,(H2,16,20). The van der Waals surface area contributed by atoms with Gasteiger partial charge in [0.05, 0.1) is 17.4 Å². The Morgan fingerprint density at radius 1 is 1.55 bits per heavy atom. The Labute approximate surface area is 116 Å². The number of hydrogen-bond acceptors (Lipinski definition) is 3. The molecule has 0 spiro atoms. The second kappa shape index (κ2) is 5.83. The highest BCUT2D eigenvalue weighted by atomic mass is 19.1. The zero-order chi connectivity index (χ0) is 14.7. The number of halogens is 1. The molecule has 2 aromatic rings. The van der Waals surface area contributed by atoms with Gasteiger partial charge >= 0.3 is 0 Å². The van der Waals surface area contributed by atoms with Gasteiger partial charge in [0.15, 0.2) is 0 Å². The molecule has 1 amide bonds. The summed E-state index contributed by atoms with van der Waals surface area (Å²) in [5.41, 5.74) is 6.59. The molecular weight excluding hydrogens is 259 g/mol. The van der Waals surface area contributed by atoms with Crippen molar-refractivity contribution in [3.63, 3.8) is 0 Å². The van der Waals surface area contributed by atoms with Crippen LogP contribution >= 0.6 is 0 Å². The highest BCUT2D eigenvalue weighted by molar-refractivity contribution is 5.92. The van der Waals surface area contributed by atoms with Crippen LogP contribution in [-0.4, -0.2) is 22.2 Å². The highest BCUT2D eigenvalue weighted by Gasteiger charge is 2.17. The van der Waals surface area contributed by atoms with Gasteiger partial charge in [0.25, 0.3) is 5.91 Å². The van der Waals surface area contributed by atoms with Gasteiger partial charge < -0.3 is 11.1 Å². The Morgan fingerprint density at radius 3 is 2.90 bits per heavy atom. The largest absolute Gasteiger partial charge is 0.366 e. The number of aromatic nitrogens is 2. The van der Waals surface area contributed by atoms with Crippen LogP contribution < -0.4 is 11.1 Å². The first-order valence-electron chi connectivity index (χ1n) is 6.41. The molecule has 20 heavy (non-hydrogen) atoms. The molecule has 1 heterocycles. The summed E-state index contributed by atoms with van der Waals surface area (Å²) in [6, 6.07) is 4.60. The number of amides is 1. The molecule has 5 nitrogen and oxygen atoms in total. The number of carbonyl (C=O) groups excluding carboxylic acids is 1. The summed E-state index contributed by atoms with van der Waals surface area (Å²) in [6.45, 7) is 4.56. The minimum atomic E-state index is -0.561. The minimum absolute atomic E-state index is 0.169. The molecule has 0 fully saturated rings. The first-order chi connectivity index (χ1) is 9.54. The van der Waals surface area contributed by atoms with E-state index in [-0.39, 0.29) is 17.4 Å². The van der Waals surface area contributed by atoms with Crippen molar-refractivity contribution in [3.05, 3.63) is 47.5 Å². The lowest BCUT2D eigenvalue weighted by molar-refractivity contribution is 0.100. The quantitative estimate of drug-likeness (QED) is 0.874. The lowest BCUT2D eigenvalue weighted by atomic mass is 10.1. The zero-order valence-corrected chi connectivity index (χ0v) is 11.4. The van der Waals surface area contributed by atoms with Crippen molar-refractivity contribution in [2.45, 2.75) is 19.9 Å². The molecule has 106 valence electrons. The van der Waals surface area contributed by atoms with Gasteiger partial charge in [0.2, 0.25) is 0 Å². The molecule has 1 unspecified atom stereocenters. The maximum atomic E-state index is 14.1. The van der Waals surface area contributed by atoms with Gasteiger partial charge in [0.1, 0.15) is 5.82 Å². The van der Waals surface area contributed by atoms with Gasteiger partial charge in [-0.25, -0.2) is 9.07 Å². The van der Waals surface area contributed by atoms with Gasteiger partial charge in [-0.05, 0) is 25.6 Å². The first-order valence-corrected chi connectivity index (χ1v) is 6.41. The number of nitrogens with zero attached hydrogens (tertiary/aromatic N) is 2. The summed E-state index contributed by atoms with van der Waals surface area (Å²) in [5, 5.41) is 7.24. The summed E-state index contributed by atoms with van der Waals surface area (Å²) in [5.74, 6) is -0.874. The first kappa shape index (κ1) is 14.2. The number of nitrogens with two attached hydrogens (primary N) is 1. The van der Waals surface area contributed by atoms with Crippen molar-refractivity contribution < 1.29 is 9.18 Å². The van der Waals surface area contributed by atoms with Crippen LogP contribution in [0.2, 0.25) is 0 Å². The molecule has 1 aromatic carbocycles. The van der Waals surface area contributed by atoms with E-state index < -0.39 is 5.91 Å². The third-order valence-corrected chi connectivity index (χ3v) is 3.09. The second-order valence-corrected chi connectivity index (χ2v) is 4.49. The molecule has 6 heteroatoms.